The highest BCUT2D eigenvalue weighted by Crippen LogP contribution is 2.34. The Bertz CT molecular complexity index is 1290. The summed E-state index contributed by atoms with van der Waals surface area (Å²) in [5.41, 5.74) is 2.46. The van der Waals surface area contributed by atoms with Crippen LogP contribution >= 0.6 is 0 Å². The number of amides is 2. The van der Waals surface area contributed by atoms with Gasteiger partial charge in [-0.25, -0.2) is 4.79 Å². The number of ether oxygens (including phenoxy) is 3. The summed E-state index contributed by atoms with van der Waals surface area (Å²) >= 11 is 0. The number of morpholine rings is 1. The third kappa shape index (κ3) is 5.44. The van der Waals surface area contributed by atoms with Gasteiger partial charge in [-0.05, 0) is 57.4 Å². The summed E-state index contributed by atoms with van der Waals surface area (Å²) in [6, 6.07) is 16.3. The smallest absolute Gasteiger partial charge is 0.410 e. The van der Waals surface area contributed by atoms with Crippen molar-refractivity contribution in [2.75, 3.05) is 26.8 Å². The van der Waals surface area contributed by atoms with Crippen molar-refractivity contribution in [3.8, 4) is 11.4 Å². The fourth-order valence-electron chi connectivity index (χ4n) is 4.84. The van der Waals surface area contributed by atoms with Crippen LogP contribution in [-0.4, -0.2) is 70.9 Å². The highest BCUT2D eigenvalue weighted by molar-refractivity contribution is 5.87. The number of aromatic nitrogens is 1. The van der Waals surface area contributed by atoms with E-state index in [9.17, 15) is 9.59 Å². The molecule has 1 aliphatic carbocycles. The maximum Gasteiger partial charge on any atom is 0.410 e. The maximum absolute atomic E-state index is 13.7. The second-order valence-corrected chi connectivity index (χ2v) is 10.7. The normalized spacial score (nSPS) is 18.1. The Morgan fingerprint density at radius 1 is 1.08 bits per heavy atom. The molecule has 1 aromatic heterocycles. The molecule has 8 heteroatoms. The van der Waals surface area contributed by atoms with Gasteiger partial charge in [0.1, 0.15) is 11.4 Å². The van der Waals surface area contributed by atoms with Gasteiger partial charge in [-0.15, -0.1) is 0 Å². The minimum Gasteiger partial charge on any atom is -0.495 e. The van der Waals surface area contributed by atoms with E-state index in [1.54, 1.807) is 12.0 Å². The van der Waals surface area contributed by atoms with Crippen molar-refractivity contribution in [3.05, 3.63) is 60.3 Å². The third-order valence-corrected chi connectivity index (χ3v) is 6.74. The molecule has 37 heavy (non-hydrogen) atoms. The zero-order valence-corrected chi connectivity index (χ0v) is 22.0. The summed E-state index contributed by atoms with van der Waals surface area (Å²) in [6.45, 7) is 6.90. The molecule has 2 heterocycles. The highest BCUT2D eigenvalue weighted by atomic mass is 16.6. The summed E-state index contributed by atoms with van der Waals surface area (Å²) in [5.74, 6) is 0.702. The predicted molar refractivity (Wildman–Crippen MR) is 141 cm³/mol. The second kappa shape index (κ2) is 10.1. The third-order valence-electron chi connectivity index (χ3n) is 6.74. The van der Waals surface area contributed by atoms with E-state index >= 15 is 0 Å². The van der Waals surface area contributed by atoms with Crippen molar-refractivity contribution in [1.82, 2.24) is 14.4 Å². The van der Waals surface area contributed by atoms with Crippen molar-refractivity contribution in [2.45, 2.75) is 57.9 Å². The maximum atomic E-state index is 13.7. The average Bonchev–Trinajstić information content (AvgIpc) is 3.67. The van der Waals surface area contributed by atoms with E-state index in [-0.39, 0.29) is 18.5 Å². The number of rotatable bonds is 6. The number of carbonyl (C=O) groups excluding carboxylic acids is 2. The number of carbonyl (C=O) groups is 2. The number of para-hydroxylation sites is 3. The average molecular weight is 506 g/mol. The molecular formula is C29H35N3O5. The summed E-state index contributed by atoms with van der Waals surface area (Å²) in [4.78, 5) is 29.9. The number of benzene rings is 2. The molecule has 8 nitrogen and oxygen atoms in total. The minimum atomic E-state index is -0.704. The first kappa shape index (κ1) is 25.1. The van der Waals surface area contributed by atoms with Gasteiger partial charge in [0.2, 0.25) is 0 Å². The van der Waals surface area contributed by atoms with Gasteiger partial charge in [-0.1, -0.05) is 30.3 Å². The van der Waals surface area contributed by atoms with Crippen LogP contribution in [0.5, 0.6) is 5.75 Å². The van der Waals surface area contributed by atoms with E-state index in [0.29, 0.717) is 19.7 Å². The van der Waals surface area contributed by atoms with Crippen LogP contribution in [0.4, 0.5) is 4.79 Å². The quantitative estimate of drug-likeness (QED) is 0.483. The van der Waals surface area contributed by atoms with Crippen LogP contribution < -0.4 is 4.74 Å². The number of nitrogens with zero attached hydrogens (tertiary/aromatic N) is 3. The zero-order chi connectivity index (χ0) is 26.2. The molecule has 3 aromatic rings. The van der Waals surface area contributed by atoms with Gasteiger partial charge in [-0.3, -0.25) is 4.79 Å². The molecule has 196 valence electrons. The number of methoxy groups -OCH3 is 1. The van der Waals surface area contributed by atoms with Gasteiger partial charge in [0.25, 0.3) is 5.91 Å². The Kier molecular flexibility index (Phi) is 6.86. The van der Waals surface area contributed by atoms with E-state index in [2.05, 4.69) is 22.9 Å². The first-order valence-electron chi connectivity index (χ1n) is 12.9. The number of hydrogen-bond donors (Lipinski definition) is 0. The molecular weight excluding hydrogens is 470 g/mol. The molecule has 2 fully saturated rings. The van der Waals surface area contributed by atoms with Gasteiger partial charge in [0.05, 0.1) is 31.5 Å². The summed E-state index contributed by atoms with van der Waals surface area (Å²) in [6.07, 6.45) is 2.93. The van der Waals surface area contributed by atoms with Crippen LogP contribution in [0.25, 0.3) is 16.6 Å². The van der Waals surface area contributed by atoms with Crippen molar-refractivity contribution in [3.63, 3.8) is 0 Å². The van der Waals surface area contributed by atoms with Gasteiger partial charge >= 0.3 is 6.09 Å². The summed E-state index contributed by atoms with van der Waals surface area (Å²) in [7, 11) is 1.67. The predicted octanol–water partition coefficient (Wildman–Crippen LogP) is 4.77. The number of fused-ring (bicyclic) bond motifs is 1. The zero-order valence-electron chi connectivity index (χ0n) is 22.0. The van der Waals surface area contributed by atoms with Crippen molar-refractivity contribution < 1.29 is 23.8 Å². The van der Waals surface area contributed by atoms with E-state index in [1.807, 2.05) is 62.1 Å². The molecule has 1 aliphatic heterocycles. The molecule has 1 saturated heterocycles. The van der Waals surface area contributed by atoms with Crippen LogP contribution in [0.1, 0.15) is 39.2 Å². The van der Waals surface area contributed by atoms with Gasteiger partial charge in [0.15, 0.2) is 6.10 Å². The Balaban J connectivity index is 1.40. The molecule has 0 spiro atoms. The molecule has 1 unspecified atom stereocenters. The molecule has 0 bridgehead atoms. The van der Waals surface area contributed by atoms with E-state index < -0.39 is 17.8 Å². The van der Waals surface area contributed by atoms with Gasteiger partial charge < -0.3 is 28.6 Å². The summed E-state index contributed by atoms with van der Waals surface area (Å²) in [5, 5.41) is 1.09. The Labute approximate surface area is 217 Å². The number of hydrogen-bond acceptors (Lipinski definition) is 5. The molecule has 1 atom stereocenters. The second-order valence-electron chi connectivity index (χ2n) is 10.7. The Morgan fingerprint density at radius 3 is 2.54 bits per heavy atom. The standard InChI is InChI=1S/C29H35N3O5/c1-29(2,3)37-28(34)30-15-16-36-26(19-30)27(33)31(21-13-14-21)17-20-18-32(23-10-6-5-9-22(20)23)24-11-7-8-12-25(24)35-4/h5-12,18,21,26H,13-17,19H2,1-4H3. The molecule has 0 N–H and O–H groups in total. The monoisotopic (exact) mass is 505 g/mol. The molecule has 0 radical (unpaired) electrons. The minimum absolute atomic E-state index is 0.0788. The topological polar surface area (TPSA) is 73.2 Å². The summed E-state index contributed by atoms with van der Waals surface area (Å²) < 4.78 is 19.1. The lowest BCUT2D eigenvalue weighted by Gasteiger charge is -2.35. The van der Waals surface area contributed by atoms with Crippen molar-refractivity contribution >= 4 is 22.9 Å². The van der Waals surface area contributed by atoms with Gasteiger partial charge in [0, 0.05) is 30.7 Å². The molecule has 2 aromatic carbocycles. The molecule has 2 aliphatic rings. The Hall–Kier alpha value is -3.52. The van der Waals surface area contributed by atoms with E-state index in [1.165, 1.54) is 0 Å². The van der Waals surface area contributed by atoms with Crippen LogP contribution in [-0.2, 0) is 20.8 Å². The lowest BCUT2D eigenvalue weighted by Crippen LogP contribution is -2.53. The van der Waals surface area contributed by atoms with E-state index in [4.69, 9.17) is 14.2 Å². The SMILES string of the molecule is COc1ccccc1-n1cc(CN(C(=O)C2CN(C(=O)OC(C)(C)C)CCO2)C2CC2)c2ccccc21. The molecule has 2 amide bonds. The van der Waals surface area contributed by atoms with Crippen LogP contribution in [0.3, 0.4) is 0 Å². The first-order chi connectivity index (χ1) is 17.7. The van der Waals surface area contributed by atoms with Crippen molar-refractivity contribution in [2.24, 2.45) is 0 Å². The highest BCUT2D eigenvalue weighted by Gasteiger charge is 2.39. The van der Waals surface area contributed by atoms with Crippen molar-refractivity contribution in [1.29, 1.82) is 0 Å². The fourth-order valence-corrected chi connectivity index (χ4v) is 4.84. The lowest BCUT2D eigenvalue weighted by atomic mass is 10.1. The van der Waals surface area contributed by atoms with Gasteiger partial charge in [-0.2, -0.15) is 0 Å². The van der Waals surface area contributed by atoms with Crippen LogP contribution in [0, 0.1) is 0 Å². The van der Waals surface area contributed by atoms with Crippen LogP contribution in [0.15, 0.2) is 54.7 Å². The largest absolute Gasteiger partial charge is 0.495 e. The Morgan fingerprint density at radius 2 is 1.81 bits per heavy atom. The molecule has 1 saturated carbocycles. The molecule has 5 rings (SSSR count). The lowest BCUT2D eigenvalue weighted by molar-refractivity contribution is -0.150. The van der Waals surface area contributed by atoms with Crippen LogP contribution in [0.2, 0.25) is 0 Å². The fraction of sp³-hybridized carbons (Fsp3) is 0.448. The first-order valence-corrected chi connectivity index (χ1v) is 12.9. The van der Waals surface area contributed by atoms with E-state index in [0.717, 1.165) is 40.7 Å².